The third-order valence-corrected chi connectivity index (χ3v) is 14.1. The first-order chi connectivity index (χ1) is 34.7. The largest absolute Gasteiger partial charge is 0.459 e. The molecule has 5 aromatic carbocycles. The Morgan fingerprint density at radius 1 is 0.873 bits per heavy atom. The van der Waals surface area contributed by atoms with Crippen LogP contribution in [-0.2, 0) is 16.2 Å². The molecule has 0 radical (unpaired) electrons. The highest BCUT2D eigenvalue weighted by molar-refractivity contribution is 6.03. The van der Waals surface area contributed by atoms with Crippen molar-refractivity contribution in [3.05, 3.63) is 166 Å². The second-order valence-corrected chi connectivity index (χ2v) is 18.5. The first-order valence-corrected chi connectivity index (χ1v) is 24.7. The van der Waals surface area contributed by atoms with Gasteiger partial charge in [-0.3, -0.25) is 14.9 Å². The fourth-order valence-electron chi connectivity index (χ4n) is 10.9. The highest BCUT2D eigenvalue weighted by atomic mass is 16.7. The van der Waals surface area contributed by atoms with Crippen LogP contribution in [0, 0.1) is 27.9 Å². The number of allylic oxidation sites excluding steroid dienone is 1. The maximum Gasteiger partial charge on any atom is 0.269 e. The number of nitro benzene ring substituents is 1. The molecule has 5 aromatic rings. The van der Waals surface area contributed by atoms with E-state index in [2.05, 4.69) is 30.9 Å². The van der Waals surface area contributed by atoms with E-state index in [0.717, 1.165) is 47.9 Å². The summed E-state index contributed by atoms with van der Waals surface area (Å²) in [4.78, 5) is 34.3. The molecular formula is C57H61N3O11. The molecule has 6 unspecified atom stereocenters. The molecule has 6 atom stereocenters. The molecule has 0 spiro atoms. The van der Waals surface area contributed by atoms with Crippen molar-refractivity contribution < 1.29 is 48.5 Å². The smallest absolute Gasteiger partial charge is 0.269 e. The number of hydrogen-bond donors (Lipinski definition) is 2. The van der Waals surface area contributed by atoms with E-state index in [1.54, 1.807) is 36.4 Å². The van der Waals surface area contributed by atoms with E-state index < -0.39 is 22.7 Å². The highest BCUT2D eigenvalue weighted by Gasteiger charge is 2.65. The molecule has 0 saturated heterocycles. The maximum atomic E-state index is 15.3. The van der Waals surface area contributed by atoms with E-state index in [0.29, 0.717) is 71.4 Å². The normalized spacial score (nSPS) is 22.1. The molecule has 370 valence electrons. The minimum atomic E-state index is -1.48. The molecule has 0 aromatic heterocycles. The number of fused-ring (bicyclic) bond motifs is 3. The van der Waals surface area contributed by atoms with Crippen molar-refractivity contribution in [2.45, 2.75) is 82.6 Å². The predicted molar refractivity (Wildman–Crippen MR) is 269 cm³/mol. The predicted octanol–water partition coefficient (Wildman–Crippen LogP) is 11.2. The number of oxime groups is 1. The molecule has 9 rings (SSSR count). The summed E-state index contributed by atoms with van der Waals surface area (Å²) < 4.78 is 32.6. The quantitative estimate of drug-likeness (QED) is 0.0293. The van der Waals surface area contributed by atoms with Crippen LogP contribution in [0.1, 0.15) is 85.7 Å². The maximum absolute atomic E-state index is 15.3. The first kappa shape index (κ1) is 49.0. The lowest BCUT2D eigenvalue weighted by Gasteiger charge is -2.60. The topological polar surface area (TPSA) is 172 Å². The Hall–Kier alpha value is -7.00. The van der Waals surface area contributed by atoms with Gasteiger partial charge in [-0.2, -0.15) is 0 Å². The van der Waals surface area contributed by atoms with Crippen LogP contribution in [0.15, 0.2) is 145 Å². The fourth-order valence-corrected chi connectivity index (χ4v) is 10.9. The van der Waals surface area contributed by atoms with Gasteiger partial charge in [0.25, 0.3) is 11.6 Å². The Labute approximate surface area is 414 Å². The molecule has 2 aliphatic carbocycles. The number of hydrogen-bond acceptors (Lipinski definition) is 12. The van der Waals surface area contributed by atoms with E-state index in [9.17, 15) is 20.3 Å². The van der Waals surface area contributed by atoms with Crippen molar-refractivity contribution in [3.63, 3.8) is 0 Å². The summed E-state index contributed by atoms with van der Waals surface area (Å²) in [5.41, 5.74) is 5.69. The van der Waals surface area contributed by atoms with E-state index in [4.69, 9.17) is 33.7 Å². The monoisotopic (exact) mass is 963 g/mol. The minimum Gasteiger partial charge on any atom is -0.459 e. The summed E-state index contributed by atoms with van der Waals surface area (Å²) in [5, 5.41) is 36.5. The Kier molecular flexibility index (Phi) is 15.5. The van der Waals surface area contributed by atoms with Gasteiger partial charge in [0.15, 0.2) is 11.5 Å². The summed E-state index contributed by atoms with van der Waals surface area (Å²) in [6.45, 7) is 6.78. The lowest BCUT2D eigenvalue weighted by molar-refractivity contribution is -0.384. The zero-order chi connectivity index (χ0) is 49.3. The SMILES string of the molecule is C=CCOC12Oc3ccc(Oc4ccc(-c5ccccc5)cc4)cc3C3C(CCCCO)C(CCCCO)C=C(C(=NOCc4ccc([N+](=O)[O-])cc4)CC1N(CCC)C(=O)c1ccc4c(c1)OCO4)C32. The van der Waals surface area contributed by atoms with Crippen LogP contribution in [0.2, 0.25) is 0 Å². The van der Waals surface area contributed by atoms with Crippen LogP contribution < -0.4 is 18.9 Å². The number of nitro groups is 1. The number of amides is 1. The molecule has 14 heteroatoms. The minimum absolute atomic E-state index is 0.00558. The van der Waals surface area contributed by atoms with Gasteiger partial charge < -0.3 is 43.6 Å². The standard InChI is InChI=1S/C57H61N3O11/c1-3-28-59(56(63)42-20-26-51-52(33-42)67-37-66-51)53-35-49(58-69-36-38-16-21-43(22-17-38)60(64)65)47-32-41(14-8-10-29-61)46(15-9-11-30-62)54-48-34-45(25-27-50(48)71-57(53,55(47)54)68-31-4-2)70-44-23-18-40(19-24-44)39-12-6-5-7-13-39/h4-7,12-13,16-27,32-34,41,46,53-55,61-62H,2-3,8-11,14-15,28-31,35-37H2,1H3. The fraction of sp³-hybridized carbons (Fsp3) is 0.368. The van der Waals surface area contributed by atoms with Gasteiger partial charge in [0.2, 0.25) is 12.6 Å². The van der Waals surface area contributed by atoms with E-state index in [-0.39, 0.29) is 69.0 Å². The average molecular weight is 964 g/mol. The number of ether oxygens (including phenoxy) is 5. The average Bonchev–Trinajstić information content (AvgIpc) is 3.88. The Morgan fingerprint density at radius 3 is 2.32 bits per heavy atom. The molecule has 0 bridgehead atoms. The number of non-ortho nitro benzene ring substituents is 1. The van der Waals surface area contributed by atoms with Crippen LogP contribution in [0.5, 0.6) is 28.7 Å². The molecule has 1 fully saturated rings. The van der Waals surface area contributed by atoms with Crippen LogP contribution >= 0.6 is 0 Å². The molecule has 2 N–H and O–H groups in total. The zero-order valence-corrected chi connectivity index (χ0v) is 40.0. The van der Waals surface area contributed by atoms with E-state index >= 15 is 4.79 Å². The van der Waals surface area contributed by atoms with Gasteiger partial charge in [-0.15, -0.1) is 6.58 Å². The molecule has 71 heavy (non-hydrogen) atoms. The Bertz CT molecular complexity index is 2730. The molecule has 2 heterocycles. The summed E-state index contributed by atoms with van der Waals surface area (Å²) >= 11 is 0. The van der Waals surface area contributed by atoms with Gasteiger partial charge in [0.1, 0.15) is 29.9 Å². The molecule has 1 amide bonds. The third-order valence-electron chi connectivity index (χ3n) is 14.1. The lowest BCUT2D eigenvalue weighted by atomic mass is 9.55. The van der Waals surface area contributed by atoms with Gasteiger partial charge in [0.05, 0.1) is 23.2 Å². The van der Waals surface area contributed by atoms with Gasteiger partial charge in [-0.05, 0) is 127 Å². The second-order valence-electron chi connectivity index (χ2n) is 18.5. The van der Waals surface area contributed by atoms with Crippen LogP contribution in [-0.4, -0.2) is 76.6 Å². The van der Waals surface area contributed by atoms with E-state index in [1.165, 1.54) is 12.1 Å². The first-order valence-electron chi connectivity index (χ1n) is 24.7. The number of aliphatic hydroxyl groups excluding tert-OH is 2. The molecule has 2 aliphatic heterocycles. The van der Waals surface area contributed by atoms with Crippen molar-refractivity contribution in [3.8, 4) is 39.9 Å². The van der Waals surface area contributed by atoms with Gasteiger partial charge in [0, 0.05) is 55.4 Å². The van der Waals surface area contributed by atoms with Crippen molar-refractivity contribution in [1.29, 1.82) is 0 Å². The summed E-state index contributed by atoms with van der Waals surface area (Å²) in [6.07, 6.45) is 9.15. The summed E-state index contributed by atoms with van der Waals surface area (Å²) in [5.74, 6) is 0.400. The van der Waals surface area contributed by atoms with E-state index in [1.807, 2.05) is 66.4 Å². The number of benzene rings is 5. The number of unbranched alkanes of at least 4 members (excludes halogenated alkanes) is 2. The number of aliphatic hydroxyl groups is 2. The third kappa shape index (κ3) is 10.4. The highest BCUT2D eigenvalue weighted by Crippen LogP contribution is 2.62. The van der Waals surface area contributed by atoms with Gasteiger partial charge >= 0.3 is 0 Å². The number of carbonyl (C=O) groups excluding carboxylic acids is 1. The van der Waals surface area contributed by atoms with Gasteiger partial charge in [-0.1, -0.05) is 79.5 Å². The zero-order valence-electron chi connectivity index (χ0n) is 40.0. The molecular weight excluding hydrogens is 903 g/mol. The van der Waals surface area contributed by atoms with Gasteiger partial charge in [-0.25, -0.2) is 0 Å². The van der Waals surface area contributed by atoms with Crippen LogP contribution in [0.4, 0.5) is 5.69 Å². The Morgan fingerprint density at radius 2 is 1.59 bits per heavy atom. The molecule has 1 saturated carbocycles. The lowest BCUT2D eigenvalue weighted by Crippen LogP contribution is -2.70. The van der Waals surface area contributed by atoms with Crippen molar-refractivity contribution in [1.82, 2.24) is 4.90 Å². The van der Waals surface area contributed by atoms with Crippen molar-refractivity contribution in [2.24, 2.45) is 22.9 Å². The number of carbonyl (C=O) groups is 1. The Balaban J connectivity index is 1.20. The van der Waals surface area contributed by atoms with Crippen molar-refractivity contribution in [2.75, 3.05) is 33.2 Å². The van der Waals surface area contributed by atoms with Crippen LogP contribution in [0.25, 0.3) is 11.1 Å². The van der Waals surface area contributed by atoms with Crippen LogP contribution in [0.3, 0.4) is 0 Å². The van der Waals surface area contributed by atoms with Crippen molar-refractivity contribution >= 4 is 17.3 Å². The summed E-state index contributed by atoms with van der Waals surface area (Å²) in [7, 11) is 0. The molecule has 4 aliphatic rings. The number of rotatable bonds is 22. The summed E-state index contributed by atoms with van der Waals surface area (Å²) in [6, 6.07) is 34.8. The number of nitrogens with zero attached hydrogens (tertiary/aromatic N) is 3. The molecule has 14 nitrogen and oxygen atoms in total. The second kappa shape index (κ2) is 22.4.